The van der Waals surface area contributed by atoms with Gasteiger partial charge in [-0.3, -0.25) is 19.2 Å². The van der Waals surface area contributed by atoms with E-state index < -0.39 is 17.1 Å². The van der Waals surface area contributed by atoms with Crippen LogP contribution in [0.1, 0.15) is 26.7 Å². The van der Waals surface area contributed by atoms with Gasteiger partial charge in [-0.05, 0) is 26.9 Å². The van der Waals surface area contributed by atoms with Crippen molar-refractivity contribution < 1.29 is 57.9 Å². The molecule has 0 aliphatic heterocycles. The molecule has 11 heteroatoms. The predicted octanol–water partition coefficient (Wildman–Crippen LogP) is 1.80. The van der Waals surface area contributed by atoms with E-state index in [1.165, 1.54) is 42.3 Å². The van der Waals surface area contributed by atoms with E-state index in [9.17, 15) is 19.2 Å². The van der Waals surface area contributed by atoms with Crippen LogP contribution < -0.4 is 0 Å². The normalized spacial score (nSPS) is 11.0. The van der Waals surface area contributed by atoms with Crippen molar-refractivity contribution in [1.29, 1.82) is 0 Å². The molecule has 0 aromatic carbocycles. The summed E-state index contributed by atoms with van der Waals surface area (Å²) < 4.78 is 20.5. The van der Waals surface area contributed by atoms with Gasteiger partial charge in [-0.15, -0.1) is 0 Å². The Bertz CT molecular complexity index is 447. The molecule has 0 aromatic heterocycles. The third-order valence-corrected chi connectivity index (χ3v) is 9.18. The second-order valence-electron chi connectivity index (χ2n) is 6.27. The van der Waals surface area contributed by atoms with Crippen molar-refractivity contribution in [3.8, 4) is 0 Å². The molecular weight excluding hydrogens is 571 g/mol. The Labute approximate surface area is 178 Å². The molecule has 0 amide bonds. The SMILES string of the molecule is CO[Si](C)(CC(=O)CC(C)=O)OC.CO[Si](C)(CC(=O)CC(C)=O)OC.[Pt+2]. The van der Waals surface area contributed by atoms with Crippen LogP contribution in [0.15, 0.2) is 0 Å². The molecule has 0 heterocycles. The summed E-state index contributed by atoms with van der Waals surface area (Å²) in [6.45, 7) is 6.39. The molecular formula is C16H32O8PtSi2+2. The van der Waals surface area contributed by atoms with Gasteiger partial charge in [0.1, 0.15) is 23.1 Å². The van der Waals surface area contributed by atoms with E-state index in [-0.39, 0.29) is 69.1 Å². The summed E-state index contributed by atoms with van der Waals surface area (Å²) in [5, 5.41) is 0. The van der Waals surface area contributed by atoms with Crippen LogP contribution >= 0.6 is 0 Å². The summed E-state index contributed by atoms with van der Waals surface area (Å²) in [4.78, 5) is 43.7. The van der Waals surface area contributed by atoms with E-state index in [0.29, 0.717) is 0 Å². The molecule has 0 fully saturated rings. The maximum atomic E-state index is 11.2. The molecule has 0 rings (SSSR count). The van der Waals surface area contributed by atoms with Crippen LogP contribution in [0.2, 0.25) is 25.2 Å². The number of ketones is 4. The van der Waals surface area contributed by atoms with Gasteiger partial charge in [0.05, 0.1) is 24.9 Å². The van der Waals surface area contributed by atoms with E-state index in [0.717, 1.165) is 0 Å². The van der Waals surface area contributed by atoms with Crippen LogP contribution in [-0.4, -0.2) is 68.7 Å². The van der Waals surface area contributed by atoms with E-state index in [2.05, 4.69) is 0 Å². The first kappa shape index (κ1) is 31.3. The first-order valence-corrected chi connectivity index (χ1v) is 13.1. The maximum absolute atomic E-state index is 11.2. The molecule has 0 unspecified atom stereocenters. The van der Waals surface area contributed by atoms with Crippen molar-refractivity contribution in [2.45, 2.75) is 51.9 Å². The van der Waals surface area contributed by atoms with Gasteiger partial charge in [0.2, 0.25) is 0 Å². The Morgan fingerprint density at radius 3 is 1.00 bits per heavy atom. The topological polar surface area (TPSA) is 105 Å². The fraction of sp³-hybridized carbons (Fsp3) is 0.750. The number of carbonyl (C=O) groups is 4. The van der Waals surface area contributed by atoms with Gasteiger partial charge in [-0.25, -0.2) is 0 Å². The molecule has 0 aliphatic rings. The Morgan fingerprint density at radius 1 is 0.630 bits per heavy atom. The number of carbonyl (C=O) groups excluding carboxylic acids is 4. The van der Waals surface area contributed by atoms with Crippen LogP contribution in [0.4, 0.5) is 0 Å². The van der Waals surface area contributed by atoms with Crippen molar-refractivity contribution in [3.05, 3.63) is 0 Å². The molecule has 0 bridgehead atoms. The molecule has 160 valence electrons. The molecule has 0 saturated carbocycles. The minimum Gasteiger partial charge on any atom is -0.397 e. The summed E-state index contributed by atoms with van der Waals surface area (Å²) in [6, 6.07) is 0.471. The molecule has 0 N–H and O–H groups in total. The third-order valence-electron chi connectivity index (χ3n) is 3.66. The van der Waals surface area contributed by atoms with Crippen molar-refractivity contribution in [2.24, 2.45) is 0 Å². The molecule has 0 spiro atoms. The van der Waals surface area contributed by atoms with Crippen molar-refractivity contribution in [3.63, 3.8) is 0 Å². The number of hydrogen-bond donors (Lipinski definition) is 0. The van der Waals surface area contributed by atoms with Crippen LogP contribution in [0.5, 0.6) is 0 Å². The van der Waals surface area contributed by atoms with Gasteiger partial charge in [0.15, 0.2) is 0 Å². The molecule has 0 radical (unpaired) electrons. The standard InChI is InChI=1S/2C8H16O4Si.Pt/c2*1-7(9)5-8(10)6-13(4,11-2)12-3;/h2*5-6H2,1-4H3;/q;;+2. The smallest absolute Gasteiger partial charge is 0.397 e. The van der Waals surface area contributed by atoms with Crippen LogP contribution in [0.25, 0.3) is 0 Å². The first-order valence-electron chi connectivity index (χ1n) is 8.09. The zero-order valence-corrected chi connectivity index (χ0v) is 21.7. The molecule has 0 aliphatic carbocycles. The fourth-order valence-corrected chi connectivity index (χ4v) is 4.45. The fourth-order valence-electron chi connectivity index (χ4n) is 1.85. The maximum Gasteiger partial charge on any atom is 2.00 e. The van der Waals surface area contributed by atoms with Gasteiger partial charge in [0.25, 0.3) is 0 Å². The summed E-state index contributed by atoms with van der Waals surface area (Å²) in [5.41, 5.74) is 0. The van der Waals surface area contributed by atoms with E-state index in [1.807, 2.05) is 0 Å². The predicted molar refractivity (Wildman–Crippen MR) is 101 cm³/mol. The monoisotopic (exact) mass is 603 g/mol. The minimum absolute atomic E-state index is 0. The number of hydrogen-bond acceptors (Lipinski definition) is 8. The van der Waals surface area contributed by atoms with Gasteiger partial charge in [-0.1, -0.05) is 0 Å². The Hall–Kier alpha value is -0.358. The molecule has 0 aromatic rings. The second-order valence-corrected chi connectivity index (χ2v) is 13.1. The number of Topliss-reactive ketones (excluding diaryl/α,β-unsaturated/α-hetero) is 4. The van der Waals surface area contributed by atoms with E-state index >= 15 is 0 Å². The van der Waals surface area contributed by atoms with Crippen LogP contribution in [0, 0.1) is 0 Å². The zero-order valence-electron chi connectivity index (χ0n) is 17.4. The summed E-state index contributed by atoms with van der Waals surface area (Å²) in [5.74, 6) is -0.446. The summed E-state index contributed by atoms with van der Waals surface area (Å²) in [7, 11) is 1.44. The molecule has 27 heavy (non-hydrogen) atoms. The van der Waals surface area contributed by atoms with Crippen LogP contribution in [-0.2, 0) is 57.9 Å². The summed E-state index contributed by atoms with van der Waals surface area (Å²) in [6.07, 6.45) is -0.0371. The van der Waals surface area contributed by atoms with E-state index in [4.69, 9.17) is 17.7 Å². The minimum atomic E-state index is -2.33. The average molecular weight is 604 g/mol. The molecule has 8 nitrogen and oxygen atoms in total. The quantitative estimate of drug-likeness (QED) is 0.246. The average Bonchev–Trinajstić information content (AvgIpc) is 2.53. The first-order chi connectivity index (χ1) is 11.9. The molecule has 0 saturated heterocycles. The van der Waals surface area contributed by atoms with Crippen LogP contribution in [0.3, 0.4) is 0 Å². The van der Waals surface area contributed by atoms with Gasteiger partial charge >= 0.3 is 38.2 Å². The Morgan fingerprint density at radius 2 is 0.852 bits per heavy atom. The van der Waals surface area contributed by atoms with Gasteiger partial charge in [0, 0.05) is 28.4 Å². The van der Waals surface area contributed by atoms with Crippen molar-refractivity contribution >= 4 is 40.3 Å². The Kier molecular flexibility index (Phi) is 18.1. The zero-order chi connectivity index (χ0) is 21.0. The molecule has 0 atom stereocenters. The van der Waals surface area contributed by atoms with E-state index in [1.54, 1.807) is 13.1 Å². The Balaban J connectivity index is -0.000000411. The van der Waals surface area contributed by atoms with Gasteiger partial charge < -0.3 is 17.7 Å². The number of rotatable bonds is 12. The largest absolute Gasteiger partial charge is 2.00 e. The van der Waals surface area contributed by atoms with Crippen molar-refractivity contribution in [1.82, 2.24) is 0 Å². The second kappa shape index (κ2) is 15.6. The van der Waals surface area contributed by atoms with Crippen molar-refractivity contribution in [2.75, 3.05) is 28.4 Å². The summed E-state index contributed by atoms with van der Waals surface area (Å²) >= 11 is 0. The van der Waals surface area contributed by atoms with Gasteiger partial charge in [-0.2, -0.15) is 0 Å². The third kappa shape index (κ3) is 16.3.